The second-order valence-electron chi connectivity index (χ2n) is 11.9. The number of hydrogen-bond acceptors (Lipinski definition) is 6. The Hall–Kier alpha value is -3.43. The van der Waals surface area contributed by atoms with Gasteiger partial charge in [-0.1, -0.05) is 26.8 Å². The average Bonchev–Trinajstić information content (AvgIpc) is 3.09. The first kappa shape index (κ1) is 25.2. The molecule has 3 saturated heterocycles. The van der Waals surface area contributed by atoms with Crippen molar-refractivity contribution in [3.05, 3.63) is 29.3 Å². The average molecular weight is 511 g/mol. The fraction of sp³-hybridized carbons (Fsp3) is 0.593. The van der Waals surface area contributed by atoms with Crippen LogP contribution in [0.4, 0.5) is 10.5 Å². The van der Waals surface area contributed by atoms with E-state index in [1.807, 2.05) is 6.07 Å². The number of benzene rings is 1. The maximum atomic E-state index is 13.5. The number of amides is 5. The van der Waals surface area contributed by atoms with E-state index in [4.69, 9.17) is 0 Å². The van der Waals surface area contributed by atoms with Crippen LogP contribution in [-0.2, 0) is 9.59 Å². The molecule has 37 heavy (non-hydrogen) atoms. The lowest BCUT2D eigenvalue weighted by atomic mass is 9.57. The first-order chi connectivity index (χ1) is 17.4. The van der Waals surface area contributed by atoms with Crippen LogP contribution in [0.15, 0.2) is 18.2 Å². The number of carboxylic acid groups (broad SMARTS) is 1. The predicted molar refractivity (Wildman–Crippen MR) is 134 cm³/mol. The summed E-state index contributed by atoms with van der Waals surface area (Å²) in [5, 5.41) is 11.8. The zero-order chi connectivity index (χ0) is 26.7. The van der Waals surface area contributed by atoms with E-state index in [-0.39, 0.29) is 35.2 Å². The Morgan fingerprint density at radius 1 is 1.03 bits per heavy atom. The van der Waals surface area contributed by atoms with Gasteiger partial charge in [0.15, 0.2) is 0 Å². The van der Waals surface area contributed by atoms with Crippen LogP contribution >= 0.6 is 0 Å². The van der Waals surface area contributed by atoms with E-state index in [1.165, 1.54) is 4.90 Å². The van der Waals surface area contributed by atoms with E-state index in [9.17, 15) is 29.1 Å². The third kappa shape index (κ3) is 4.16. The lowest BCUT2D eigenvalue weighted by molar-refractivity contribution is -0.136. The summed E-state index contributed by atoms with van der Waals surface area (Å²) in [7, 11) is 0. The zero-order valence-electron chi connectivity index (χ0n) is 21.6. The highest BCUT2D eigenvalue weighted by Gasteiger charge is 2.51. The molecule has 198 valence electrons. The highest BCUT2D eigenvalue weighted by molar-refractivity contribution is 6.25. The van der Waals surface area contributed by atoms with Crippen LogP contribution < -0.4 is 10.2 Å². The van der Waals surface area contributed by atoms with Crippen LogP contribution in [0.1, 0.15) is 73.6 Å². The maximum Gasteiger partial charge on any atom is 0.407 e. The molecule has 5 rings (SSSR count). The Bertz CT molecular complexity index is 1180. The smallest absolute Gasteiger partial charge is 0.407 e. The van der Waals surface area contributed by atoms with Crippen molar-refractivity contribution in [3.8, 4) is 0 Å². The first-order valence-electron chi connectivity index (χ1n) is 13.0. The maximum absolute atomic E-state index is 13.5. The topological polar surface area (TPSA) is 127 Å². The fourth-order valence-corrected chi connectivity index (χ4v) is 6.96. The molecule has 3 fully saturated rings. The number of likely N-dealkylation sites (tertiary alicyclic amines) is 1. The summed E-state index contributed by atoms with van der Waals surface area (Å²) in [4.78, 5) is 67.2. The molecule has 1 spiro atoms. The molecule has 2 N–H and O–H groups in total. The monoisotopic (exact) mass is 510 g/mol. The Kier molecular flexibility index (Phi) is 6.03. The van der Waals surface area contributed by atoms with Gasteiger partial charge in [-0.2, -0.15) is 0 Å². The van der Waals surface area contributed by atoms with E-state index in [1.54, 1.807) is 12.1 Å². The van der Waals surface area contributed by atoms with Crippen molar-refractivity contribution < 1.29 is 29.1 Å². The third-order valence-electron chi connectivity index (χ3n) is 8.88. The van der Waals surface area contributed by atoms with Gasteiger partial charge in [0.25, 0.3) is 11.8 Å². The standard InChI is InChI=1S/C27H34N4O6/c1-26(2,3)19-15-30(25(36)37)14-11-27(19)9-12-29(13-10-27)17-6-4-5-16-21(17)24(35)31(23(16)34)18-7-8-20(32)28-22(18)33/h4-6,18-19H,7-15H2,1-3H3,(H,36,37)(H,28,32,33). The van der Waals surface area contributed by atoms with Crippen LogP contribution in [-0.4, -0.2) is 76.8 Å². The van der Waals surface area contributed by atoms with Crippen LogP contribution in [0.3, 0.4) is 0 Å². The Balaban J connectivity index is 1.38. The normalized spacial score (nSPS) is 26.0. The minimum atomic E-state index is -0.991. The largest absolute Gasteiger partial charge is 0.465 e. The molecule has 2 unspecified atom stereocenters. The van der Waals surface area contributed by atoms with Gasteiger partial charge in [0.1, 0.15) is 6.04 Å². The summed E-state index contributed by atoms with van der Waals surface area (Å²) >= 11 is 0. The van der Waals surface area contributed by atoms with Crippen LogP contribution in [0, 0.1) is 16.7 Å². The van der Waals surface area contributed by atoms with Crippen LogP contribution in [0.25, 0.3) is 0 Å². The SMILES string of the molecule is CC(C)(C)C1CN(C(=O)O)CCC12CCN(c1cccc3c1C(=O)N(C1CCC(=O)NC1=O)C3=O)CC2. The van der Waals surface area contributed by atoms with Gasteiger partial charge < -0.3 is 14.9 Å². The molecule has 1 aromatic carbocycles. The lowest BCUT2D eigenvalue weighted by Gasteiger charge is -2.55. The molecule has 4 heterocycles. The van der Waals surface area contributed by atoms with Gasteiger partial charge in [-0.15, -0.1) is 0 Å². The minimum Gasteiger partial charge on any atom is -0.465 e. The molecule has 10 heteroatoms. The van der Waals surface area contributed by atoms with Gasteiger partial charge in [0.2, 0.25) is 11.8 Å². The third-order valence-corrected chi connectivity index (χ3v) is 8.88. The molecule has 0 aromatic heterocycles. The number of imide groups is 2. The van der Waals surface area contributed by atoms with Gasteiger partial charge >= 0.3 is 6.09 Å². The van der Waals surface area contributed by atoms with Gasteiger partial charge in [-0.25, -0.2) is 4.79 Å². The Morgan fingerprint density at radius 3 is 2.32 bits per heavy atom. The van der Waals surface area contributed by atoms with E-state index < -0.39 is 35.8 Å². The zero-order valence-corrected chi connectivity index (χ0v) is 21.6. The molecule has 2 atom stereocenters. The number of carbonyl (C=O) groups excluding carboxylic acids is 4. The number of hydrogen-bond donors (Lipinski definition) is 2. The molecule has 10 nitrogen and oxygen atoms in total. The van der Waals surface area contributed by atoms with E-state index in [2.05, 4.69) is 31.0 Å². The van der Waals surface area contributed by atoms with Crippen LogP contribution in [0.2, 0.25) is 0 Å². The van der Waals surface area contributed by atoms with Crippen molar-refractivity contribution >= 4 is 35.4 Å². The number of nitrogens with zero attached hydrogens (tertiary/aromatic N) is 3. The molecule has 0 saturated carbocycles. The van der Waals surface area contributed by atoms with E-state index in [0.29, 0.717) is 37.4 Å². The highest BCUT2D eigenvalue weighted by atomic mass is 16.4. The van der Waals surface area contributed by atoms with E-state index in [0.717, 1.165) is 24.2 Å². The first-order valence-corrected chi connectivity index (χ1v) is 13.0. The fourth-order valence-electron chi connectivity index (χ4n) is 6.96. The number of fused-ring (bicyclic) bond motifs is 1. The number of anilines is 1. The number of nitrogens with one attached hydrogen (secondary N) is 1. The summed E-state index contributed by atoms with van der Waals surface area (Å²) in [6.07, 6.45) is 1.88. The van der Waals surface area contributed by atoms with Crippen molar-refractivity contribution in [1.29, 1.82) is 0 Å². The highest BCUT2D eigenvalue weighted by Crippen LogP contribution is 2.52. The van der Waals surface area contributed by atoms with Gasteiger partial charge in [-0.3, -0.25) is 29.4 Å². The molecule has 0 radical (unpaired) electrons. The molecule has 4 aliphatic heterocycles. The molecular formula is C27H34N4O6. The Labute approximate surface area is 216 Å². The summed E-state index contributed by atoms with van der Waals surface area (Å²) < 4.78 is 0. The predicted octanol–water partition coefficient (Wildman–Crippen LogP) is 2.72. The summed E-state index contributed by atoms with van der Waals surface area (Å²) in [5.41, 5.74) is 1.25. The van der Waals surface area contributed by atoms with Crippen molar-refractivity contribution in [1.82, 2.24) is 15.1 Å². The van der Waals surface area contributed by atoms with Gasteiger partial charge in [0, 0.05) is 32.6 Å². The van der Waals surface area contributed by atoms with E-state index >= 15 is 0 Å². The van der Waals surface area contributed by atoms with Crippen LogP contribution in [0.5, 0.6) is 0 Å². The molecular weight excluding hydrogens is 476 g/mol. The summed E-state index contributed by atoms with van der Waals surface area (Å²) in [6, 6.07) is 4.24. The number of carbonyl (C=O) groups is 5. The minimum absolute atomic E-state index is 0.0112. The molecule has 1 aromatic rings. The molecule has 4 aliphatic rings. The summed E-state index contributed by atoms with van der Waals surface area (Å²) in [5.74, 6) is -1.80. The second kappa shape index (κ2) is 8.85. The molecule has 0 bridgehead atoms. The molecule has 5 amide bonds. The lowest BCUT2D eigenvalue weighted by Crippen LogP contribution is -2.57. The van der Waals surface area contributed by atoms with Crippen molar-refractivity contribution in [2.75, 3.05) is 31.1 Å². The quantitative estimate of drug-likeness (QED) is 0.586. The molecule has 0 aliphatic carbocycles. The van der Waals surface area contributed by atoms with Crippen molar-refractivity contribution in [3.63, 3.8) is 0 Å². The van der Waals surface area contributed by atoms with Crippen molar-refractivity contribution in [2.45, 2.75) is 58.9 Å². The number of rotatable bonds is 2. The second-order valence-corrected chi connectivity index (χ2v) is 11.9. The van der Waals surface area contributed by atoms with Gasteiger partial charge in [0.05, 0.1) is 16.8 Å². The Morgan fingerprint density at radius 2 is 1.70 bits per heavy atom. The summed E-state index contributed by atoms with van der Waals surface area (Å²) in [6.45, 7) is 8.95. The number of piperidine rings is 3. The van der Waals surface area contributed by atoms with Gasteiger partial charge in [-0.05, 0) is 54.6 Å². The van der Waals surface area contributed by atoms with Crippen molar-refractivity contribution in [2.24, 2.45) is 16.7 Å².